The van der Waals surface area contributed by atoms with Gasteiger partial charge >= 0.3 is 0 Å². The van der Waals surface area contributed by atoms with E-state index in [2.05, 4.69) is 19.1 Å². The summed E-state index contributed by atoms with van der Waals surface area (Å²) < 4.78 is 5.10. The maximum Gasteiger partial charge on any atom is 0.114 e. The first-order valence-electron chi connectivity index (χ1n) is 3.79. The van der Waals surface area contributed by atoms with Crippen molar-refractivity contribution in [3.8, 4) is 0 Å². The van der Waals surface area contributed by atoms with Crippen LogP contribution in [0.4, 0.5) is 0 Å². The lowest BCUT2D eigenvalue weighted by atomic mass is 9.98. The molecular weight excluding hydrogens is 124 g/mol. The minimum atomic E-state index is 0.694. The fraction of sp³-hybridized carbons (Fsp3) is 0.556. The normalized spacial score (nSPS) is 24.2. The Labute approximate surface area is 62.4 Å². The van der Waals surface area contributed by atoms with Crippen molar-refractivity contribution in [2.45, 2.75) is 19.8 Å². The lowest BCUT2D eigenvalue weighted by Gasteiger charge is -2.13. The van der Waals surface area contributed by atoms with E-state index in [1.54, 1.807) is 7.11 Å². The fourth-order valence-corrected chi connectivity index (χ4v) is 1.14. The van der Waals surface area contributed by atoms with E-state index in [1.165, 1.54) is 12.8 Å². The minimum Gasteiger partial charge on any atom is -0.497 e. The third kappa shape index (κ3) is 1.63. The molecule has 1 unspecified atom stereocenters. The van der Waals surface area contributed by atoms with Crippen LogP contribution >= 0.6 is 0 Å². The van der Waals surface area contributed by atoms with Crippen molar-refractivity contribution in [3.05, 3.63) is 24.0 Å². The van der Waals surface area contributed by atoms with Crippen LogP contribution in [0.2, 0.25) is 0 Å². The summed E-state index contributed by atoms with van der Waals surface area (Å²) in [6.07, 6.45) is 8.78. The highest BCUT2D eigenvalue weighted by Gasteiger charge is 2.05. The quantitative estimate of drug-likeness (QED) is 0.569. The molecule has 0 bridgehead atoms. The third-order valence-electron chi connectivity index (χ3n) is 1.88. The number of methoxy groups -OCH3 is 1. The molecule has 1 aliphatic rings. The molecule has 1 rings (SSSR count). The number of ether oxygens (including phenoxy) is 1. The average Bonchev–Trinajstić information content (AvgIpc) is 2.05. The van der Waals surface area contributed by atoms with Crippen LogP contribution in [0, 0.1) is 5.92 Å². The zero-order chi connectivity index (χ0) is 7.40. The van der Waals surface area contributed by atoms with Gasteiger partial charge < -0.3 is 4.74 Å². The van der Waals surface area contributed by atoms with E-state index in [-0.39, 0.29) is 0 Å². The van der Waals surface area contributed by atoms with E-state index < -0.39 is 0 Å². The molecule has 0 saturated heterocycles. The monoisotopic (exact) mass is 138 g/mol. The summed E-state index contributed by atoms with van der Waals surface area (Å²) in [6, 6.07) is 0. The van der Waals surface area contributed by atoms with E-state index in [4.69, 9.17) is 4.74 Å². The van der Waals surface area contributed by atoms with Crippen molar-refractivity contribution in [1.82, 2.24) is 0 Å². The summed E-state index contributed by atoms with van der Waals surface area (Å²) in [5, 5.41) is 0. The third-order valence-corrected chi connectivity index (χ3v) is 1.88. The Balaban J connectivity index is 2.56. The van der Waals surface area contributed by atoms with E-state index in [0.717, 1.165) is 5.76 Å². The molecule has 0 heterocycles. The Morgan fingerprint density at radius 1 is 1.70 bits per heavy atom. The largest absolute Gasteiger partial charge is 0.497 e. The summed E-state index contributed by atoms with van der Waals surface area (Å²) in [7, 11) is 1.72. The molecule has 1 aliphatic carbocycles. The smallest absolute Gasteiger partial charge is 0.114 e. The molecule has 1 nitrogen and oxygen atoms in total. The van der Waals surface area contributed by atoms with Crippen LogP contribution in [0.3, 0.4) is 0 Å². The summed E-state index contributed by atoms with van der Waals surface area (Å²) >= 11 is 0. The number of rotatable bonds is 2. The molecule has 0 aromatic heterocycles. The predicted octanol–water partition coefficient (Wildman–Crippen LogP) is 2.50. The van der Waals surface area contributed by atoms with Crippen LogP contribution in [-0.2, 0) is 4.74 Å². The van der Waals surface area contributed by atoms with Gasteiger partial charge in [-0.25, -0.2) is 0 Å². The highest BCUT2D eigenvalue weighted by atomic mass is 16.5. The second kappa shape index (κ2) is 3.45. The SMILES string of the molecule is CCC1C=C(OC)C=CC1. The van der Waals surface area contributed by atoms with Gasteiger partial charge in [-0.1, -0.05) is 13.0 Å². The van der Waals surface area contributed by atoms with Crippen molar-refractivity contribution >= 4 is 0 Å². The lowest BCUT2D eigenvalue weighted by molar-refractivity contribution is 0.299. The van der Waals surface area contributed by atoms with Gasteiger partial charge in [0.2, 0.25) is 0 Å². The summed E-state index contributed by atoms with van der Waals surface area (Å²) in [5.41, 5.74) is 0. The van der Waals surface area contributed by atoms with E-state index in [0.29, 0.717) is 5.92 Å². The molecule has 0 aliphatic heterocycles. The first kappa shape index (κ1) is 7.39. The van der Waals surface area contributed by atoms with Gasteiger partial charge in [-0.2, -0.15) is 0 Å². The molecule has 56 valence electrons. The minimum absolute atomic E-state index is 0.694. The molecule has 10 heavy (non-hydrogen) atoms. The number of hydrogen-bond donors (Lipinski definition) is 0. The van der Waals surface area contributed by atoms with Gasteiger partial charge in [0.25, 0.3) is 0 Å². The maximum atomic E-state index is 5.10. The predicted molar refractivity (Wildman–Crippen MR) is 42.6 cm³/mol. The topological polar surface area (TPSA) is 9.23 Å². The molecular formula is C9H14O. The molecule has 1 heteroatoms. The molecule has 0 saturated carbocycles. The molecule has 0 radical (unpaired) electrons. The lowest BCUT2D eigenvalue weighted by Crippen LogP contribution is -1.99. The van der Waals surface area contributed by atoms with Crippen molar-refractivity contribution in [1.29, 1.82) is 0 Å². The van der Waals surface area contributed by atoms with Crippen LogP contribution < -0.4 is 0 Å². The van der Waals surface area contributed by atoms with Crippen LogP contribution in [0.15, 0.2) is 24.0 Å². The Kier molecular flexibility index (Phi) is 2.55. The average molecular weight is 138 g/mol. The first-order valence-corrected chi connectivity index (χ1v) is 3.79. The molecule has 0 amide bonds. The summed E-state index contributed by atoms with van der Waals surface area (Å²) in [6.45, 7) is 2.20. The van der Waals surface area contributed by atoms with Crippen molar-refractivity contribution in [2.24, 2.45) is 5.92 Å². The van der Waals surface area contributed by atoms with Gasteiger partial charge in [0.15, 0.2) is 0 Å². The molecule has 0 N–H and O–H groups in total. The molecule has 1 atom stereocenters. The van der Waals surface area contributed by atoms with E-state index in [9.17, 15) is 0 Å². The van der Waals surface area contributed by atoms with Crippen LogP contribution in [0.5, 0.6) is 0 Å². The van der Waals surface area contributed by atoms with Crippen molar-refractivity contribution in [2.75, 3.05) is 7.11 Å². The maximum absolute atomic E-state index is 5.10. The Morgan fingerprint density at radius 3 is 3.10 bits per heavy atom. The van der Waals surface area contributed by atoms with Gasteiger partial charge in [-0.15, -0.1) is 0 Å². The zero-order valence-electron chi connectivity index (χ0n) is 6.63. The number of allylic oxidation sites excluding steroid dienone is 3. The zero-order valence-corrected chi connectivity index (χ0v) is 6.63. The van der Waals surface area contributed by atoms with Gasteiger partial charge in [-0.05, 0) is 30.9 Å². The standard InChI is InChI=1S/C9H14O/c1-3-8-5-4-6-9(7-8)10-2/h4,6-8H,3,5H2,1-2H3. The van der Waals surface area contributed by atoms with Crippen LogP contribution in [0.1, 0.15) is 19.8 Å². The summed E-state index contributed by atoms with van der Waals surface area (Å²) in [5.74, 6) is 1.71. The van der Waals surface area contributed by atoms with E-state index in [1.807, 2.05) is 6.08 Å². The molecule has 0 spiro atoms. The Bertz CT molecular complexity index is 156. The van der Waals surface area contributed by atoms with Crippen molar-refractivity contribution < 1.29 is 4.74 Å². The van der Waals surface area contributed by atoms with Crippen LogP contribution in [-0.4, -0.2) is 7.11 Å². The van der Waals surface area contributed by atoms with Crippen LogP contribution in [0.25, 0.3) is 0 Å². The highest BCUT2D eigenvalue weighted by molar-refractivity contribution is 5.17. The molecule has 0 aromatic rings. The van der Waals surface area contributed by atoms with E-state index >= 15 is 0 Å². The van der Waals surface area contributed by atoms with Crippen molar-refractivity contribution in [3.63, 3.8) is 0 Å². The second-order valence-corrected chi connectivity index (χ2v) is 2.58. The van der Waals surface area contributed by atoms with Gasteiger partial charge in [0.1, 0.15) is 5.76 Å². The highest BCUT2D eigenvalue weighted by Crippen LogP contribution is 2.19. The first-order chi connectivity index (χ1) is 4.86. The van der Waals surface area contributed by atoms with Gasteiger partial charge in [0.05, 0.1) is 7.11 Å². The summed E-state index contributed by atoms with van der Waals surface area (Å²) in [4.78, 5) is 0. The molecule has 0 aromatic carbocycles. The number of hydrogen-bond acceptors (Lipinski definition) is 1. The van der Waals surface area contributed by atoms with Gasteiger partial charge in [0, 0.05) is 0 Å². The molecule has 0 fully saturated rings. The Morgan fingerprint density at radius 2 is 2.50 bits per heavy atom. The fourth-order valence-electron chi connectivity index (χ4n) is 1.14. The van der Waals surface area contributed by atoms with Gasteiger partial charge in [-0.3, -0.25) is 0 Å². The Hall–Kier alpha value is -0.720. The second-order valence-electron chi connectivity index (χ2n) is 2.58.